The van der Waals surface area contributed by atoms with E-state index >= 15 is 0 Å². The maximum atomic E-state index is 13.3. The quantitative estimate of drug-likeness (QED) is 0.762. The minimum atomic E-state index is -4.70. The van der Waals surface area contributed by atoms with Crippen LogP contribution in [0.1, 0.15) is 41.0 Å². The van der Waals surface area contributed by atoms with Gasteiger partial charge in [-0.1, -0.05) is 13.8 Å². The molecule has 0 saturated carbocycles. The molecule has 126 valence electrons. The van der Waals surface area contributed by atoms with E-state index in [-0.39, 0.29) is 12.3 Å². The Kier molecular flexibility index (Phi) is 7.35. The largest absolute Gasteiger partial charge is 0.469 e. The number of carbonyl (C=O) groups is 1. The lowest BCUT2D eigenvalue weighted by molar-refractivity contribution is -0.178. The molecule has 0 radical (unpaired) electrons. The van der Waals surface area contributed by atoms with Crippen LogP contribution in [0.3, 0.4) is 0 Å². The van der Waals surface area contributed by atoms with E-state index in [1.807, 2.05) is 0 Å². The molecule has 0 unspecified atom stereocenters. The van der Waals surface area contributed by atoms with Gasteiger partial charge >= 0.3 is 12.1 Å². The van der Waals surface area contributed by atoms with Crippen molar-refractivity contribution in [3.63, 3.8) is 0 Å². The third-order valence-electron chi connectivity index (χ3n) is 2.77. The number of carbonyl (C=O) groups excluding carboxylic acids is 1. The smallest absolute Gasteiger partial charge is 0.405 e. The fraction of sp³-hybridized carbons (Fsp3) is 0.923. The van der Waals surface area contributed by atoms with Crippen LogP contribution in [0.5, 0.6) is 0 Å². The lowest BCUT2D eigenvalue weighted by Crippen LogP contribution is -2.53. The zero-order valence-electron chi connectivity index (χ0n) is 13.2. The standard InChI is InChI=1S/C13H24F3NO3S/c1-8(2)7-9(11(18)20-6)10(13(14,15)16)17-21(19)12(3,4)5/h8-10,17H,7H2,1-6H3/t9-,10-,21-/m1/s1. The number of halogens is 3. The van der Waals surface area contributed by atoms with Crippen molar-refractivity contribution in [2.45, 2.75) is 58.0 Å². The van der Waals surface area contributed by atoms with Gasteiger partial charge in [0.25, 0.3) is 0 Å². The van der Waals surface area contributed by atoms with Gasteiger partial charge in [-0.2, -0.15) is 13.2 Å². The Hall–Kier alpha value is -0.630. The minimum absolute atomic E-state index is 0.00874. The van der Waals surface area contributed by atoms with Crippen molar-refractivity contribution in [1.82, 2.24) is 4.72 Å². The number of nitrogens with one attached hydrogen (secondary N) is 1. The summed E-state index contributed by atoms with van der Waals surface area (Å²) in [5, 5.41) is 0. The Morgan fingerprint density at radius 3 is 2.00 bits per heavy atom. The first-order valence-corrected chi connectivity index (χ1v) is 7.78. The van der Waals surface area contributed by atoms with Crippen molar-refractivity contribution in [3.8, 4) is 0 Å². The van der Waals surface area contributed by atoms with Crippen LogP contribution in [0.25, 0.3) is 0 Å². The molecule has 0 bridgehead atoms. The molecule has 0 aromatic rings. The van der Waals surface area contributed by atoms with Crippen LogP contribution in [0.2, 0.25) is 0 Å². The first-order chi connectivity index (χ1) is 9.30. The maximum Gasteiger partial charge on any atom is 0.405 e. The highest BCUT2D eigenvalue weighted by Crippen LogP contribution is 2.31. The molecule has 0 aromatic carbocycles. The summed E-state index contributed by atoms with van der Waals surface area (Å²) in [5.74, 6) is -2.52. The van der Waals surface area contributed by atoms with Crippen molar-refractivity contribution in [2.75, 3.05) is 7.11 Å². The molecular formula is C13H24F3NO3S. The van der Waals surface area contributed by atoms with Crippen molar-refractivity contribution >= 4 is 17.0 Å². The Morgan fingerprint density at radius 1 is 1.24 bits per heavy atom. The molecule has 0 rings (SSSR count). The molecule has 0 aliphatic rings. The fourth-order valence-electron chi connectivity index (χ4n) is 1.70. The van der Waals surface area contributed by atoms with Gasteiger partial charge < -0.3 is 4.74 Å². The molecule has 0 saturated heterocycles. The first-order valence-electron chi connectivity index (χ1n) is 6.63. The summed E-state index contributed by atoms with van der Waals surface area (Å²) in [6, 6.07) is -2.20. The van der Waals surface area contributed by atoms with Crippen LogP contribution in [0.4, 0.5) is 13.2 Å². The zero-order chi connectivity index (χ0) is 17.0. The van der Waals surface area contributed by atoms with Gasteiger partial charge in [-0.25, -0.2) is 8.93 Å². The van der Waals surface area contributed by atoms with Crippen molar-refractivity contribution in [2.24, 2.45) is 11.8 Å². The summed E-state index contributed by atoms with van der Waals surface area (Å²) in [7, 11) is -0.900. The number of methoxy groups -OCH3 is 1. The predicted octanol–water partition coefficient (Wildman–Crippen LogP) is 2.80. The second kappa shape index (κ2) is 7.58. The Bertz CT molecular complexity index is 378. The first kappa shape index (κ1) is 20.4. The number of alkyl halides is 3. The minimum Gasteiger partial charge on any atom is -0.469 e. The average molecular weight is 331 g/mol. The lowest BCUT2D eigenvalue weighted by Gasteiger charge is -2.31. The molecule has 0 amide bonds. The van der Waals surface area contributed by atoms with E-state index in [1.54, 1.807) is 34.6 Å². The number of ether oxygens (including phenoxy) is 1. The average Bonchev–Trinajstić information content (AvgIpc) is 2.29. The normalized spacial score (nSPS) is 17.4. The molecule has 0 aromatic heterocycles. The third-order valence-corrected chi connectivity index (χ3v) is 4.35. The van der Waals surface area contributed by atoms with Gasteiger partial charge in [0.2, 0.25) is 0 Å². The lowest BCUT2D eigenvalue weighted by atomic mass is 9.90. The van der Waals surface area contributed by atoms with E-state index in [4.69, 9.17) is 0 Å². The Morgan fingerprint density at radius 2 is 1.71 bits per heavy atom. The van der Waals surface area contributed by atoms with Gasteiger partial charge in [-0.15, -0.1) is 0 Å². The summed E-state index contributed by atoms with van der Waals surface area (Å²) >= 11 is 0. The van der Waals surface area contributed by atoms with Gasteiger partial charge in [0, 0.05) is 0 Å². The molecule has 0 heterocycles. The molecule has 1 N–H and O–H groups in total. The van der Waals surface area contributed by atoms with E-state index in [1.165, 1.54) is 0 Å². The van der Waals surface area contributed by atoms with Crippen LogP contribution >= 0.6 is 0 Å². The topological polar surface area (TPSA) is 55.4 Å². The van der Waals surface area contributed by atoms with Crippen molar-refractivity contribution in [1.29, 1.82) is 0 Å². The molecule has 0 aliphatic carbocycles. The maximum absolute atomic E-state index is 13.3. The molecule has 21 heavy (non-hydrogen) atoms. The van der Waals surface area contributed by atoms with E-state index in [0.29, 0.717) is 0 Å². The number of hydrogen-bond donors (Lipinski definition) is 1. The van der Waals surface area contributed by atoms with Gasteiger partial charge in [0.05, 0.1) is 28.8 Å². The van der Waals surface area contributed by atoms with Gasteiger partial charge in [0.15, 0.2) is 0 Å². The molecular weight excluding hydrogens is 307 g/mol. The van der Waals surface area contributed by atoms with Crippen molar-refractivity contribution < 1.29 is 26.9 Å². The summed E-state index contributed by atoms with van der Waals surface area (Å²) in [4.78, 5) is 11.7. The van der Waals surface area contributed by atoms with Gasteiger partial charge in [-0.3, -0.25) is 4.79 Å². The molecule has 0 aliphatic heterocycles. The van der Waals surface area contributed by atoms with Crippen LogP contribution < -0.4 is 4.72 Å². The van der Waals surface area contributed by atoms with Crippen LogP contribution in [0.15, 0.2) is 0 Å². The summed E-state index contributed by atoms with van der Waals surface area (Å²) in [5.41, 5.74) is 0. The highest BCUT2D eigenvalue weighted by molar-refractivity contribution is 7.84. The van der Waals surface area contributed by atoms with E-state index in [9.17, 15) is 22.2 Å². The molecule has 3 atom stereocenters. The fourth-order valence-corrected chi connectivity index (χ4v) is 2.58. The molecule has 8 heteroatoms. The second-order valence-electron chi connectivity index (χ2n) is 6.28. The predicted molar refractivity (Wildman–Crippen MR) is 75.8 cm³/mol. The molecule has 0 spiro atoms. The van der Waals surface area contributed by atoms with Crippen LogP contribution in [-0.2, 0) is 20.5 Å². The highest BCUT2D eigenvalue weighted by Gasteiger charge is 2.49. The van der Waals surface area contributed by atoms with E-state index in [0.717, 1.165) is 7.11 Å². The SMILES string of the molecule is COC(=O)[C@H](CC(C)C)[C@@H](N[S@](=O)C(C)(C)C)C(F)(F)F. The number of hydrogen-bond acceptors (Lipinski definition) is 3. The van der Waals surface area contributed by atoms with E-state index in [2.05, 4.69) is 9.46 Å². The van der Waals surface area contributed by atoms with Crippen molar-refractivity contribution in [3.05, 3.63) is 0 Å². The summed E-state index contributed by atoms with van der Waals surface area (Å²) in [6.07, 6.45) is -4.71. The highest BCUT2D eigenvalue weighted by atomic mass is 32.2. The van der Waals surface area contributed by atoms with Gasteiger partial charge in [-0.05, 0) is 33.1 Å². The summed E-state index contributed by atoms with van der Waals surface area (Å²) < 4.78 is 57.4. The second-order valence-corrected chi connectivity index (χ2v) is 8.28. The van der Waals surface area contributed by atoms with Crippen LogP contribution in [0, 0.1) is 11.8 Å². The monoisotopic (exact) mass is 331 g/mol. The molecule has 4 nitrogen and oxygen atoms in total. The Balaban J connectivity index is 5.45. The van der Waals surface area contributed by atoms with Gasteiger partial charge in [0.1, 0.15) is 6.04 Å². The summed E-state index contributed by atoms with van der Waals surface area (Å²) in [6.45, 7) is 8.09. The van der Waals surface area contributed by atoms with Crippen LogP contribution in [-0.4, -0.2) is 34.3 Å². The number of rotatable bonds is 6. The number of esters is 1. The zero-order valence-corrected chi connectivity index (χ0v) is 14.0. The Labute approximate surface area is 126 Å². The van der Waals surface area contributed by atoms with E-state index < -0.39 is 39.8 Å². The molecule has 0 fully saturated rings. The third kappa shape index (κ3) is 6.78.